The molecule has 0 atom stereocenters. The van der Waals surface area contributed by atoms with Crippen molar-refractivity contribution in [3.63, 3.8) is 0 Å². The lowest BCUT2D eigenvalue weighted by Crippen LogP contribution is -2.68. The molecule has 3 aliphatic rings. The van der Waals surface area contributed by atoms with Gasteiger partial charge in [0, 0.05) is 80.6 Å². The lowest BCUT2D eigenvalue weighted by molar-refractivity contribution is -0.0380. The first-order valence-corrected chi connectivity index (χ1v) is 15.1. The maximum absolute atomic E-state index is 14.0. The van der Waals surface area contributed by atoms with Crippen LogP contribution in [0.1, 0.15) is 28.8 Å². The number of carbonyl (C=O) groups excluding carboxylic acids is 1. The zero-order valence-electron chi connectivity index (χ0n) is 24.6. The molecule has 0 bridgehead atoms. The summed E-state index contributed by atoms with van der Waals surface area (Å²) in [4.78, 5) is 26.3. The van der Waals surface area contributed by atoms with Gasteiger partial charge in [-0.3, -0.25) is 14.6 Å². The zero-order valence-corrected chi connectivity index (χ0v) is 24.6. The number of nitrogens with one attached hydrogen (secondary N) is 1. The van der Waals surface area contributed by atoms with Gasteiger partial charge in [-0.2, -0.15) is 0 Å². The molecule has 1 N–H and O–H groups in total. The van der Waals surface area contributed by atoms with Crippen LogP contribution in [-0.4, -0.2) is 78.5 Å². The van der Waals surface area contributed by atoms with Crippen LogP contribution in [-0.2, 0) is 6.54 Å². The van der Waals surface area contributed by atoms with Crippen molar-refractivity contribution in [2.75, 3.05) is 51.3 Å². The highest BCUT2D eigenvalue weighted by molar-refractivity contribution is 5.84. The molecule has 5 aromatic rings. The molecule has 1 aliphatic carbocycles. The summed E-state index contributed by atoms with van der Waals surface area (Å²) >= 11 is 0. The van der Waals surface area contributed by atoms with Crippen LogP contribution in [0, 0.1) is 11.2 Å². The number of carbonyl (C=O) groups is 1. The molecule has 3 aromatic heterocycles. The van der Waals surface area contributed by atoms with Crippen molar-refractivity contribution in [2.45, 2.75) is 25.4 Å². The number of fused-ring (bicyclic) bond motifs is 2. The van der Waals surface area contributed by atoms with Crippen LogP contribution in [0.15, 0.2) is 65.5 Å². The standard InChI is InChI=1S/C34H34FN5O4/c1-42-31-11-22(10-23-4-9-43-32(23)31)18-38-5-7-39(8-6-38)26-14-34(15-26)20-40(21-34)25-3-2-24(19-41)30(12-25)44-27-13-28-29(35)17-37-33(28)36-16-27/h2-4,9-13,16-17,19,26H,5-8,14-15,18,20-21H2,1H3,(H,36,37). The van der Waals surface area contributed by atoms with Crippen molar-refractivity contribution in [2.24, 2.45) is 5.41 Å². The van der Waals surface area contributed by atoms with E-state index in [2.05, 4.69) is 36.8 Å². The number of ether oxygens (including phenoxy) is 2. The summed E-state index contributed by atoms with van der Waals surface area (Å²) in [6, 6.07) is 14.2. The van der Waals surface area contributed by atoms with E-state index in [4.69, 9.17) is 13.9 Å². The number of aromatic nitrogens is 2. The fraction of sp³-hybridized carbons (Fsp3) is 0.353. The summed E-state index contributed by atoms with van der Waals surface area (Å²) in [7, 11) is 1.69. The molecule has 8 rings (SSSR count). The van der Waals surface area contributed by atoms with E-state index in [1.807, 2.05) is 18.2 Å². The number of halogens is 1. The summed E-state index contributed by atoms with van der Waals surface area (Å²) in [5.74, 6) is 1.24. The predicted molar refractivity (Wildman–Crippen MR) is 165 cm³/mol. The third kappa shape index (κ3) is 4.78. The monoisotopic (exact) mass is 595 g/mol. The fourth-order valence-electron chi connectivity index (χ4n) is 7.34. The molecular formula is C34H34FN5O4. The number of aldehydes is 1. The largest absolute Gasteiger partial charge is 0.493 e. The second-order valence-corrected chi connectivity index (χ2v) is 12.5. The third-order valence-electron chi connectivity index (χ3n) is 9.69. The van der Waals surface area contributed by atoms with Crippen LogP contribution in [0.4, 0.5) is 10.1 Å². The van der Waals surface area contributed by atoms with Gasteiger partial charge in [-0.05, 0) is 54.8 Å². The number of hydrogen-bond acceptors (Lipinski definition) is 8. The van der Waals surface area contributed by atoms with Crippen LogP contribution in [0.5, 0.6) is 17.2 Å². The Morgan fingerprint density at radius 2 is 1.93 bits per heavy atom. The number of aromatic amines is 1. The molecule has 1 saturated carbocycles. The highest BCUT2D eigenvalue weighted by Gasteiger charge is 2.54. The van der Waals surface area contributed by atoms with Gasteiger partial charge in [0.05, 0.1) is 30.5 Å². The van der Waals surface area contributed by atoms with Gasteiger partial charge in [-0.25, -0.2) is 9.37 Å². The Morgan fingerprint density at radius 1 is 1.09 bits per heavy atom. The summed E-state index contributed by atoms with van der Waals surface area (Å²) in [6.45, 7) is 7.23. The fourth-order valence-corrected chi connectivity index (χ4v) is 7.34. The first-order chi connectivity index (χ1) is 21.5. The van der Waals surface area contributed by atoms with Gasteiger partial charge in [0.25, 0.3) is 0 Å². The number of hydrogen-bond donors (Lipinski definition) is 1. The average Bonchev–Trinajstić information content (AvgIpc) is 3.63. The van der Waals surface area contributed by atoms with E-state index >= 15 is 0 Å². The number of anilines is 1. The van der Waals surface area contributed by atoms with Crippen LogP contribution >= 0.6 is 0 Å². The number of methoxy groups -OCH3 is 1. The Hall–Kier alpha value is -4.41. The number of nitrogens with zero attached hydrogens (tertiary/aromatic N) is 4. The molecule has 2 aromatic carbocycles. The summed E-state index contributed by atoms with van der Waals surface area (Å²) in [5.41, 5.74) is 4.35. The lowest BCUT2D eigenvalue weighted by Gasteiger charge is -2.62. The van der Waals surface area contributed by atoms with Crippen LogP contribution in [0.3, 0.4) is 0 Å². The van der Waals surface area contributed by atoms with Gasteiger partial charge < -0.3 is 23.8 Å². The van der Waals surface area contributed by atoms with Crippen LogP contribution in [0.2, 0.25) is 0 Å². The minimum absolute atomic E-state index is 0.352. The second kappa shape index (κ2) is 10.6. The van der Waals surface area contributed by atoms with Gasteiger partial charge >= 0.3 is 0 Å². The molecule has 9 nitrogen and oxygen atoms in total. The summed E-state index contributed by atoms with van der Waals surface area (Å²) in [6.07, 6.45) is 7.75. The van der Waals surface area contributed by atoms with Crippen molar-refractivity contribution >= 4 is 34.0 Å². The van der Waals surface area contributed by atoms with Crippen molar-refractivity contribution in [1.29, 1.82) is 0 Å². The van der Waals surface area contributed by atoms with E-state index in [-0.39, 0.29) is 0 Å². The number of benzene rings is 2. The first kappa shape index (κ1) is 27.2. The Bertz CT molecular complexity index is 1850. The molecular weight excluding hydrogens is 561 g/mol. The van der Waals surface area contributed by atoms with Crippen molar-refractivity contribution in [3.8, 4) is 17.2 Å². The molecule has 2 aliphatic heterocycles. The minimum atomic E-state index is -0.390. The molecule has 226 valence electrons. The van der Waals surface area contributed by atoms with E-state index in [1.165, 1.54) is 30.8 Å². The Kier molecular flexibility index (Phi) is 6.57. The number of H-pyrrole nitrogens is 1. The van der Waals surface area contributed by atoms with Gasteiger partial charge in [-0.1, -0.05) is 0 Å². The smallest absolute Gasteiger partial charge is 0.175 e. The molecule has 3 fully saturated rings. The second-order valence-electron chi connectivity index (χ2n) is 12.5. The van der Waals surface area contributed by atoms with E-state index in [9.17, 15) is 9.18 Å². The van der Waals surface area contributed by atoms with Crippen LogP contribution in [0.25, 0.3) is 22.0 Å². The maximum Gasteiger partial charge on any atom is 0.175 e. The molecule has 1 spiro atoms. The Balaban J connectivity index is 0.851. The normalized spacial score (nSPS) is 18.9. The maximum atomic E-state index is 14.0. The van der Waals surface area contributed by atoms with Crippen molar-refractivity contribution < 1.29 is 23.1 Å². The minimum Gasteiger partial charge on any atom is -0.493 e. The predicted octanol–water partition coefficient (Wildman–Crippen LogP) is 5.85. The quantitative estimate of drug-likeness (QED) is 0.224. The van der Waals surface area contributed by atoms with Gasteiger partial charge in [0.1, 0.15) is 23.0 Å². The number of rotatable bonds is 8. The lowest BCUT2D eigenvalue weighted by atomic mass is 9.60. The molecule has 44 heavy (non-hydrogen) atoms. The number of pyridine rings is 1. The Morgan fingerprint density at radius 3 is 2.73 bits per heavy atom. The Labute approximate surface area is 254 Å². The van der Waals surface area contributed by atoms with E-state index in [0.29, 0.717) is 39.6 Å². The summed E-state index contributed by atoms with van der Waals surface area (Å²) in [5, 5.41) is 1.43. The average molecular weight is 596 g/mol. The van der Waals surface area contributed by atoms with E-state index in [0.717, 1.165) is 74.5 Å². The van der Waals surface area contributed by atoms with Crippen LogP contribution < -0.4 is 14.4 Å². The molecule has 0 radical (unpaired) electrons. The highest BCUT2D eigenvalue weighted by Crippen LogP contribution is 2.52. The topological polar surface area (TPSA) is 87.1 Å². The molecule has 0 unspecified atom stereocenters. The van der Waals surface area contributed by atoms with E-state index in [1.54, 1.807) is 25.5 Å². The summed E-state index contributed by atoms with van der Waals surface area (Å²) < 4.78 is 31.2. The molecule has 2 saturated heterocycles. The van der Waals surface area contributed by atoms with Crippen molar-refractivity contribution in [1.82, 2.24) is 19.8 Å². The third-order valence-corrected chi connectivity index (χ3v) is 9.69. The molecule has 5 heterocycles. The highest BCUT2D eigenvalue weighted by atomic mass is 19.1. The number of furan rings is 1. The van der Waals surface area contributed by atoms with Crippen molar-refractivity contribution in [3.05, 3.63) is 78.1 Å². The first-order valence-electron chi connectivity index (χ1n) is 15.1. The number of piperazine rings is 1. The molecule has 10 heteroatoms. The molecule has 0 amide bonds. The van der Waals surface area contributed by atoms with Gasteiger partial charge in [0.15, 0.2) is 17.6 Å². The SMILES string of the molecule is COc1cc(CN2CCN(C3CC4(C3)CN(c3ccc(C=O)c(Oc5cnc6[nH]cc(F)c6c5)c3)C4)CC2)cc2ccoc12. The van der Waals surface area contributed by atoms with Gasteiger partial charge in [-0.15, -0.1) is 0 Å². The van der Waals surface area contributed by atoms with E-state index < -0.39 is 5.82 Å². The van der Waals surface area contributed by atoms with Gasteiger partial charge in [0.2, 0.25) is 0 Å². The zero-order chi connectivity index (χ0) is 29.8.